The van der Waals surface area contributed by atoms with Gasteiger partial charge < -0.3 is 10.2 Å². The van der Waals surface area contributed by atoms with Gasteiger partial charge in [-0.05, 0) is 11.1 Å². The van der Waals surface area contributed by atoms with E-state index < -0.39 is 12.1 Å². The summed E-state index contributed by atoms with van der Waals surface area (Å²) in [5.74, 6) is -1.01. The Labute approximate surface area is 103 Å². The van der Waals surface area contributed by atoms with E-state index in [1.165, 1.54) is 17.1 Å². The van der Waals surface area contributed by atoms with Crippen LogP contribution in [-0.2, 0) is 6.42 Å². The fourth-order valence-corrected chi connectivity index (χ4v) is 2.47. The number of aliphatic hydroxyl groups is 1. The van der Waals surface area contributed by atoms with Crippen molar-refractivity contribution in [3.8, 4) is 0 Å². The number of rotatable bonds is 2. The SMILES string of the molecule is O=C(O)c1cnn([C@H]2c3ccccc3C[C@@H]2O)c1. The summed E-state index contributed by atoms with van der Waals surface area (Å²) in [6.45, 7) is 0. The van der Waals surface area contributed by atoms with E-state index in [1.54, 1.807) is 0 Å². The third-order valence-electron chi connectivity index (χ3n) is 3.30. The molecule has 1 heterocycles. The molecule has 0 saturated heterocycles. The van der Waals surface area contributed by atoms with Crippen molar-refractivity contribution < 1.29 is 15.0 Å². The van der Waals surface area contributed by atoms with E-state index in [-0.39, 0.29) is 11.6 Å². The number of aliphatic hydroxyl groups excluding tert-OH is 1. The summed E-state index contributed by atoms with van der Waals surface area (Å²) < 4.78 is 1.53. The number of carboxylic acids is 1. The third kappa shape index (κ3) is 1.60. The Balaban J connectivity index is 2.03. The third-order valence-corrected chi connectivity index (χ3v) is 3.30. The van der Waals surface area contributed by atoms with Crippen LogP contribution in [0.2, 0.25) is 0 Å². The minimum Gasteiger partial charge on any atom is -0.478 e. The molecule has 2 atom stereocenters. The van der Waals surface area contributed by atoms with Gasteiger partial charge in [0.05, 0.1) is 17.9 Å². The molecule has 18 heavy (non-hydrogen) atoms. The molecule has 0 fully saturated rings. The molecule has 1 aliphatic rings. The predicted molar refractivity (Wildman–Crippen MR) is 63.5 cm³/mol. The van der Waals surface area contributed by atoms with Crippen molar-refractivity contribution >= 4 is 5.97 Å². The molecule has 1 aliphatic carbocycles. The molecular formula is C13H12N2O3. The first-order valence-electron chi connectivity index (χ1n) is 5.70. The topological polar surface area (TPSA) is 75.3 Å². The van der Waals surface area contributed by atoms with Gasteiger partial charge in [-0.2, -0.15) is 5.10 Å². The lowest BCUT2D eigenvalue weighted by Crippen LogP contribution is -2.21. The molecule has 1 aromatic carbocycles. The first-order chi connectivity index (χ1) is 8.66. The summed E-state index contributed by atoms with van der Waals surface area (Å²) in [7, 11) is 0. The molecular weight excluding hydrogens is 232 g/mol. The smallest absolute Gasteiger partial charge is 0.338 e. The second kappa shape index (κ2) is 3.96. The Bertz CT molecular complexity index is 606. The van der Waals surface area contributed by atoms with Gasteiger partial charge in [-0.15, -0.1) is 0 Å². The Morgan fingerprint density at radius 1 is 1.39 bits per heavy atom. The molecule has 0 radical (unpaired) electrons. The lowest BCUT2D eigenvalue weighted by molar-refractivity contribution is 0.0696. The summed E-state index contributed by atoms with van der Waals surface area (Å²) in [4.78, 5) is 10.8. The summed E-state index contributed by atoms with van der Waals surface area (Å²) >= 11 is 0. The van der Waals surface area contributed by atoms with E-state index in [1.807, 2.05) is 24.3 Å². The molecule has 0 bridgehead atoms. The first kappa shape index (κ1) is 11.0. The molecule has 2 aromatic rings. The Hall–Kier alpha value is -2.14. The summed E-state index contributed by atoms with van der Waals surface area (Å²) in [6, 6.07) is 7.46. The van der Waals surface area contributed by atoms with Crippen molar-refractivity contribution in [2.24, 2.45) is 0 Å². The predicted octanol–water partition coefficient (Wildman–Crippen LogP) is 1.09. The Morgan fingerprint density at radius 3 is 2.89 bits per heavy atom. The van der Waals surface area contributed by atoms with Gasteiger partial charge in [0.15, 0.2) is 0 Å². The van der Waals surface area contributed by atoms with Gasteiger partial charge in [0, 0.05) is 12.6 Å². The lowest BCUT2D eigenvalue weighted by Gasteiger charge is -2.16. The average Bonchev–Trinajstić information content (AvgIpc) is 2.91. The second-order valence-corrected chi connectivity index (χ2v) is 4.43. The monoisotopic (exact) mass is 244 g/mol. The normalized spacial score (nSPS) is 21.8. The van der Waals surface area contributed by atoms with Crippen LogP contribution < -0.4 is 0 Å². The van der Waals surface area contributed by atoms with E-state index >= 15 is 0 Å². The lowest BCUT2D eigenvalue weighted by atomic mass is 10.1. The number of carbonyl (C=O) groups is 1. The number of benzene rings is 1. The first-order valence-corrected chi connectivity index (χ1v) is 5.70. The maximum Gasteiger partial charge on any atom is 0.338 e. The fraction of sp³-hybridized carbons (Fsp3) is 0.231. The maximum absolute atomic E-state index is 10.8. The quantitative estimate of drug-likeness (QED) is 0.829. The number of aromatic carboxylic acids is 1. The van der Waals surface area contributed by atoms with E-state index in [0.717, 1.165) is 11.1 Å². The van der Waals surface area contributed by atoms with Crippen molar-refractivity contribution in [2.45, 2.75) is 18.6 Å². The summed E-state index contributed by atoms with van der Waals surface area (Å²) in [5, 5.41) is 23.0. The van der Waals surface area contributed by atoms with Gasteiger partial charge >= 0.3 is 5.97 Å². The van der Waals surface area contributed by atoms with Gasteiger partial charge in [0.25, 0.3) is 0 Å². The zero-order valence-corrected chi connectivity index (χ0v) is 9.52. The van der Waals surface area contributed by atoms with Crippen LogP contribution in [0, 0.1) is 0 Å². The molecule has 0 spiro atoms. The van der Waals surface area contributed by atoms with E-state index in [4.69, 9.17) is 5.11 Å². The zero-order valence-electron chi connectivity index (χ0n) is 9.52. The molecule has 1 aromatic heterocycles. The molecule has 3 rings (SSSR count). The molecule has 0 amide bonds. The van der Waals surface area contributed by atoms with Crippen LogP contribution in [0.4, 0.5) is 0 Å². The second-order valence-electron chi connectivity index (χ2n) is 4.43. The van der Waals surface area contributed by atoms with Crippen LogP contribution in [0.1, 0.15) is 27.5 Å². The van der Waals surface area contributed by atoms with Crippen molar-refractivity contribution in [3.05, 3.63) is 53.3 Å². The summed E-state index contributed by atoms with van der Waals surface area (Å²) in [5.41, 5.74) is 2.22. The van der Waals surface area contributed by atoms with Gasteiger partial charge in [0.1, 0.15) is 6.04 Å². The Kier molecular flexibility index (Phi) is 2.41. The fourth-order valence-electron chi connectivity index (χ4n) is 2.47. The number of nitrogens with zero attached hydrogens (tertiary/aromatic N) is 2. The number of fused-ring (bicyclic) bond motifs is 1. The van der Waals surface area contributed by atoms with Gasteiger partial charge in [-0.25, -0.2) is 4.79 Å². The van der Waals surface area contributed by atoms with Crippen LogP contribution in [0.5, 0.6) is 0 Å². The molecule has 0 saturated carbocycles. The van der Waals surface area contributed by atoms with E-state index in [2.05, 4.69) is 5.10 Å². The van der Waals surface area contributed by atoms with Gasteiger partial charge in [-0.1, -0.05) is 24.3 Å². The van der Waals surface area contributed by atoms with Crippen molar-refractivity contribution in [2.75, 3.05) is 0 Å². The standard InChI is InChI=1S/C13H12N2O3/c16-11-5-8-3-1-2-4-10(8)12(11)15-7-9(6-14-15)13(17)18/h1-4,6-7,11-12,16H,5H2,(H,17,18)/t11-,12-/m0/s1. The minimum absolute atomic E-state index is 0.131. The average molecular weight is 244 g/mol. The molecule has 5 nitrogen and oxygen atoms in total. The van der Waals surface area contributed by atoms with Crippen LogP contribution in [0.3, 0.4) is 0 Å². The van der Waals surface area contributed by atoms with Crippen molar-refractivity contribution in [1.82, 2.24) is 9.78 Å². The van der Waals surface area contributed by atoms with E-state index in [0.29, 0.717) is 6.42 Å². The van der Waals surface area contributed by atoms with Crippen LogP contribution in [-0.4, -0.2) is 32.1 Å². The van der Waals surface area contributed by atoms with Crippen molar-refractivity contribution in [3.63, 3.8) is 0 Å². The highest BCUT2D eigenvalue weighted by Crippen LogP contribution is 2.34. The highest BCUT2D eigenvalue weighted by atomic mass is 16.4. The Morgan fingerprint density at radius 2 is 2.17 bits per heavy atom. The highest BCUT2D eigenvalue weighted by molar-refractivity contribution is 5.86. The number of carboxylic acid groups (broad SMARTS) is 1. The van der Waals surface area contributed by atoms with E-state index in [9.17, 15) is 9.90 Å². The van der Waals surface area contributed by atoms with Crippen LogP contribution in [0.25, 0.3) is 0 Å². The van der Waals surface area contributed by atoms with Gasteiger partial charge in [0.2, 0.25) is 0 Å². The minimum atomic E-state index is -1.01. The van der Waals surface area contributed by atoms with Gasteiger partial charge in [-0.3, -0.25) is 4.68 Å². The molecule has 5 heteroatoms. The zero-order chi connectivity index (χ0) is 12.7. The van der Waals surface area contributed by atoms with Crippen molar-refractivity contribution in [1.29, 1.82) is 0 Å². The molecule has 92 valence electrons. The molecule has 2 N–H and O–H groups in total. The van der Waals surface area contributed by atoms with Crippen LogP contribution in [0.15, 0.2) is 36.7 Å². The summed E-state index contributed by atoms with van der Waals surface area (Å²) in [6.07, 6.45) is 2.76. The number of aromatic nitrogens is 2. The highest BCUT2D eigenvalue weighted by Gasteiger charge is 2.32. The molecule has 0 aliphatic heterocycles. The largest absolute Gasteiger partial charge is 0.478 e. The maximum atomic E-state index is 10.8. The number of hydrogen-bond acceptors (Lipinski definition) is 3. The van der Waals surface area contributed by atoms with Crippen LogP contribution >= 0.6 is 0 Å². The number of hydrogen-bond donors (Lipinski definition) is 2. The molecule has 0 unspecified atom stereocenters.